The summed E-state index contributed by atoms with van der Waals surface area (Å²) in [5, 5.41) is 4.86. The molecular formula is C15H17F2N3O4. The van der Waals surface area contributed by atoms with Crippen molar-refractivity contribution in [3.05, 3.63) is 29.8 Å². The number of esters is 1. The Labute approximate surface area is 136 Å². The first-order chi connectivity index (χ1) is 11.4. The molecule has 1 atom stereocenters. The van der Waals surface area contributed by atoms with Crippen LogP contribution in [0.25, 0.3) is 0 Å². The van der Waals surface area contributed by atoms with Crippen LogP contribution in [-0.2, 0) is 19.1 Å². The largest absolute Gasteiger partial charge is 0.469 e. The van der Waals surface area contributed by atoms with Crippen LogP contribution in [0.2, 0.25) is 0 Å². The summed E-state index contributed by atoms with van der Waals surface area (Å²) in [7, 11) is 1.20. The molecule has 0 saturated carbocycles. The van der Waals surface area contributed by atoms with E-state index in [-0.39, 0.29) is 18.7 Å². The number of benzene rings is 1. The predicted molar refractivity (Wildman–Crippen MR) is 80.0 cm³/mol. The summed E-state index contributed by atoms with van der Waals surface area (Å²) in [6.45, 7) is 0.412. The fraction of sp³-hybridized carbons (Fsp3) is 0.400. The van der Waals surface area contributed by atoms with E-state index < -0.39 is 35.5 Å². The highest BCUT2D eigenvalue weighted by atomic mass is 19.1. The third-order valence-electron chi connectivity index (χ3n) is 3.58. The second-order valence-electron chi connectivity index (χ2n) is 5.23. The van der Waals surface area contributed by atoms with Crippen LogP contribution < -0.4 is 10.6 Å². The van der Waals surface area contributed by atoms with E-state index in [0.29, 0.717) is 13.1 Å². The molecule has 2 rings (SSSR count). The van der Waals surface area contributed by atoms with Crippen LogP contribution >= 0.6 is 0 Å². The molecular weight excluding hydrogens is 324 g/mol. The van der Waals surface area contributed by atoms with Crippen molar-refractivity contribution in [3.63, 3.8) is 0 Å². The average Bonchev–Trinajstić information content (AvgIpc) is 2.54. The lowest BCUT2D eigenvalue weighted by Crippen LogP contribution is -2.57. The molecule has 1 aromatic carbocycles. The van der Waals surface area contributed by atoms with Crippen molar-refractivity contribution in [3.8, 4) is 0 Å². The van der Waals surface area contributed by atoms with E-state index in [1.54, 1.807) is 0 Å². The molecule has 0 bridgehead atoms. The normalized spacial score (nSPS) is 18.0. The van der Waals surface area contributed by atoms with E-state index in [1.165, 1.54) is 12.0 Å². The van der Waals surface area contributed by atoms with Crippen molar-refractivity contribution in [2.45, 2.75) is 12.5 Å². The fourth-order valence-corrected chi connectivity index (χ4v) is 2.38. The van der Waals surface area contributed by atoms with Gasteiger partial charge in [-0.2, -0.15) is 0 Å². The molecule has 1 aliphatic rings. The zero-order chi connectivity index (χ0) is 17.7. The molecule has 1 aliphatic heterocycles. The van der Waals surface area contributed by atoms with Crippen molar-refractivity contribution < 1.29 is 27.9 Å². The molecule has 2 N–H and O–H groups in total. The molecule has 1 aromatic rings. The number of methoxy groups -OCH3 is 1. The van der Waals surface area contributed by atoms with E-state index in [0.717, 1.165) is 18.2 Å². The number of nitrogens with zero attached hydrogens (tertiary/aromatic N) is 1. The molecule has 1 heterocycles. The number of halogens is 2. The lowest BCUT2D eigenvalue weighted by atomic mass is 10.1. The van der Waals surface area contributed by atoms with Crippen molar-refractivity contribution in [1.29, 1.82) is 0 Å². The SMILES string of the molecule is COC(=O)C[C@@H]1C(=O)NCCN1CC(=O)Nc1cc(F)ccc1F. The molecule has 7 nitrogen and oxygen atoms in total. The van der Waals surface area contributed by atoms with E-state index in [2.05, 4.69) is 15.4 Å². The average molecular weight is 341 g/mol. The van der Waals surface area contributed by atoms with Crippen LogP contribution in [-0.4, -0.2) is 55.5 Å². The molecule has 24 heavy (non-hydrogen) atoms. The Morgan fingerprint density at radius 3 is 2.88 bits per heavy atom. The Morgan fingerprint density at radius 1 is 1.42 bits per heavy atom. The zero-order valence-electron chi connectivity index (χ0n) is 13.0. The minimum absolute atomic E-state index is 0.204. The minimum atomic E-state index is -0.852. The van der Waals surface area contributed by atoms with Gasteiger partial charge in [-0.1, -0.05) is 0 Å². The zero-order valence-corrected chi connectivity index (χ0v) is 13.0. The highest BCUT2D eigenvalue weighted by Gasteiger charge is 2.33. The Balaban J connectivity index is 2.03. The standard InChI is InChI=1S/C15H17F2N3O4/c1-24-14(22)7-12-15(23)18-4-5-20(12)8-13(21)19-11-6-9(16)2-3-10(11)17/h2-3,6,12H,4-5,7-8H2,1H3,(H,18,23)(H,19,21)/t12-/m1/s1. The number of hydrogen-bond acceptors (Lipinski definition) is 5. The molecule has 1 saturated heterocycles. The third kappa shape index (κ3) is 4.48. The number of piperazine rings is 1. The highest BCUT2D eigenvalue weighted by Crippen LogP contribution is 2.16. The smallest absolute Gasteiger partial charge is 0.307 e. The van der Waals surface area contributed by atoms with Gasteiger partial charge in [0.2, 0.25) is 11.8 Å². The molecule has 0 radical (unpaired) electrons. The third-order valence-corrected chi connectivity index (χ3v) is 3.58. The topological polar surface area (TPSA) is 87.7 Å². The quantitative estimate of drug-likeness (QED) is 0.751. The molecule has 0 aliphatic carbocycles. The summed E-state index contributed by atoms with van der Waals surface area (Å²) in [5.74, 6) is -3.06. The Kier molecular flexibility index (Phi) is 5.80. The number of hydrogen-bond donors (Lipinski definition) is 2. The van der Waals surface area contributed by atoms with E-state index in [4.69, 9.17) is 0 Å². The van der Waals surface area contributed by atoms with Gasteiger partial charge < -0.3 is 15.4 Å². The summed E-state index contributed by atoms with van der Waals surface area (Å²) in [6.07, 6.45) is -0.204. The molecule has 9 heteroatoms. The van der Waals surface area contributed by atoms with Gasteiger partial charge in [-0.25, -0.2) is 8.78 Å². The van der Waals surface area contributed by atoms with Crippen LogP contribution in [0.4, 0.5) is 14.5 Å². The number of ether oxygens (including phenoxy) is 1. The van der Waals surface area contributed by atoms with Gasteiger partial charge in [0, 0.05) is 19.2 Å². The first-order valence-electron chi connectivity index (χ1n) is 7.24. The summed E-state index contributed by atoms with van der Waals surface area (Å²) in [4.78, 5) is 36.9. The fourth-order valence-electron chi connectivity index (χ4n) is 2.38. The summed E-state index contributed by atoms with van der Waals surface area (Å²) in [5.41, 5.74) is -0.286. The van der Waals surface area contributed by atoms with Crippen molar-refractivity contribution in [2.24, 2.45) is 0 Å². The van der Waals surface area contributed by atoms with Crippen LogP contribution in [0.3, 0.4) is 0 Å². The molecule has 1 fully saturated rings. The Hall–Kier alpha value is -2.55. The predicted octanol–water partition coefficient (Wildman–Crippen LogP) is 0.267. The van der Waals surface area contributed by atoms with E-state index in [1.807, 2.05) is 0 Å². The van der Waals surface area contributed by atoms with Gasteiger partial charge in [-0.05, 0) is 12.1 Å². The van der Waals surface area contributed by atoms with Gasteiger partial charge in [-0.3, -0.25) is 19.3 Å². The van der Waals surface area contributed by atoms with Gasteiger partial charge in [0.15, 0.2) is 0 Å². The number of anilines is 1. The lowest BCUT2D eigenvalue weighted by molar-refractivity contribution is -0.146. The maximum atomic E-state index is 13.5. The molecule has 2 amide bonds. The second kappa shape index (κ2) is 7.82. The number of rotatable bonds is 5. The van der Waals surface area contributed by atoms with Gasteiger partial charge in [0.25, 0.3) is 0 Å². The van der Waals surface area contributed by atoms with Crippen LogP contribution in [0.1, 0.15) is 6.42 Å². The van der Waals surface area contributed by atoms with Crippen LogP contribution in [0.5, 0.6) is 0 Å². The summed E-state index contributed by atoms with van der Waals surface area (Å²) in [6, 6.07) is 1.85. The Bertz CT molecular complexity index is 654. The van der Waals surface area contributed by atoms with Crippen LogP contribution in [0.15, 0.2) is 18.2 Å². The monoisotopic (exact) mass is 341 g/mol. The first-order valence-corrected chi connectivity index (χ1v) is 7.24. The van der Waals surface area contributed by atoms with Crippen molar-refractivity contribution >= 4 is 23.5 Å². The molecule has 0 unspecified atom stereocenters. The molecule has 0 spiro atoms. The summed E-state index contributed by atoms with van der Waals surface area (Å²) >= 11 is 0. The van der Waals surface area contributed by atoms with Crippen LogP contribution in [0, 0.1) is 11.6 Å². The molecule has 130 valence electrons. The van der Waals surface area contributed by atoms with Gasteiger partial charge >= 0.3 is 5.97 Å². The van der Waals surface area contributed by atoms with Gasteiger partial charge in [-0.15, -0.1) is 0 Å². The highest BCUT2D eigenvalue weighted by molar-refractivity contribution is 5.93. The van der Waals surface area contributed by atoms with E-state index in [9.17, 15) is 23.2 Å². The van der Waals surface area contributed by atoms with Gasteiger partial charge in [0.05, 0.1) is 25.8 Å². The number of amides is 2. The number of carbonyl (C=O) groups is 3. The van der Waals surface area contributed by atoms with Gasteiger partial charge in [0.1, 0.15) is 17.7 Å². The lowest BCUT2D eigenvalue weighted by Gasteiger charge is -2.33. The van der Waals surface area contributed by atoms with Crippen molar-refractivity contribution in [1.82, 2.24) is 10.2 Å². The minimum Gasteiger partial charge on any atom is -0.469 e. The number of carbonyl (C=O) groups excluding carboxylic acids is 3. The Morgan fingerprint density at radius 2 is 2.17 bits per heavy atom. The summed E-state index contributed by atoms with van der Waals surface area (Å²) < 4.78 is 31.2. The first kappa shape index (κ1) is 17.8. The second-order valence-corrected chi connectivity index (χ2v) is 5.23. The number of nitrogens with one attached hydrogen (secondary N) is 2. The maximum absolute atomic E-state index is 13.5. The van der Waals surface area contributed by atoms with Crippen molar-refractivity contribution in [2.75, 3.05) is 32.1 Å². The van der Waals surface area contributed by atoms with E-state index >= 15 is 0 Å². The molecule has 0 aromatic heterocycles. The maximum Gasteiger partial charge on any atom is 0.307 e.